The maximum atomic E-state index is 11.2. The molecule has 0 radical (unpaired) electrons. The third kappa shape index (κ3) is 3.81. The molecule has 4 heteroatoms. The number of pyridine rings is 1. The van der Waals surface area contributed by atoms with Crippen molar-refractivity contribution in [3.63, 3.8) is 0 Å². The van der Waals surface area contributed by atoms with Crippen LogP contribution in [0.1, 0.15) is 13.3 Å². The second-order valence-electron chi connectivity index (χ2n) is 3.87. The Hall–Kier alpha value is -1.42. The first-order valence-electron chi connectivity index (χ1n) is 5.83. The quantitative estimate of drug-likeness (QED) is 0.540. The Labute approximate surface area is 117 Å². The molecule has 0 amide bonds. The summed E-state index contributed by atoms with van der Waals surface area (Å²) in [7, 11) is 0. The molecular weight excluding hydrogens is 294 g/mol. The van der Waals surface area contributed by atoms with Crippen molar-refractivity contribution in [1.29, 1.82) is 0 Å². The van der Waals surface area contributed by atoms with Crippen molar-refractivity contribution in [3.05, 3.63) is 42.7 Å². The van der Waals surface area contributed by atoms with Gasteiger partial charge in [-0.15, -0.1) is 0 Å². The summed E-state index contributed by atoms with van der Waals surface area (Å²) in [5.41, 5.74) is 0. The predicted octanol–water partition coefficient (Wildman–Crippen LogP) is -0.915. The van der Waals surface area contributed by atoms with Crippen LogP contribution in [0, 0.1) is 0 Å². The minimum Gasteiger partial charge on any atom is -1.00 e. The van der Waals surface area contributed by atoms with Crippen molar-refractivity contribution < 1.29 is 31.1 Å². The highest BCUT2D eigenvalue weighted by atomic mass is 79.9. The van der Waals surface area contributed by atoms with E-state index in [1.165, 1.54) is 10.8 Å². The van der Waals surface area contributed by atoms with Gasteiger partial charge in [0.2, 0.25) is 0 Å². The Morgan fingerprint density at radius 3 is 2.67 bits per heavy atom. The van der Waals surface area contributed by atoms with E-state index in [0.29, 0.717) is 19.6 Å². The lowest BCUT2D eigenvalue weighted by Crippen LogP contribution is -3.00. The monoisotopic (exact) mass is 309 g/mol. The molecule has 1 heterocycles. The summed E-state index contributed by atoms with van der Waals surface area (Å²) in [6.45, 7) is 2.92. The lowest BCUT2D eigenvalue weighted by molar-refractivity contribution is -0.694. The number of carbonyl (C=O) groups excluding carboxylic acids is 1. The Kier molecular flexibility index (Phi) is 5.78. The third-order valence-electron chi connectivity index (χ3n) is 2.63. The van der Waals surface area contributed by atoms with Crippen LogP contribution < -0.4 is 21.5 Å². The van der Waals surface area contributed by atoms with Gasteiger partial charge in [-0.25, -0.2) is 4.57 Å². The van der Waals surface area contributed by atoms with Crippen LogP contribution in [0.3, 0.4) is 0 Å². The highest BCUT2D eigenvalue weighted by molar-refractivity contribution is 5.80. The molecule has 2 aromatic rings. The molecule has 0 aliphatic rings. The molecule has 3 nitrogen and oxygen atoms in total. The summed E-state index contributed by atoms with van der Waals surface area (Å²) in [5.74, 6) is -0.145. The van der Waals surface area contributed by atoms with Crippen LogP contribution >= 0.6 is 0 Å². The maximum absolute atomic E-state index is 11.2. The number of hydrogen-bond donors (Lipinski definition) is 0. The molecule has 0 saturated heterocycles. The van der Waals surface area contributed by atoms with Gasteiger partial charge >= 0.3 is 5.97 Å². The van der Waals surface area contributed by atoms with Gasteiger partial charge in [-0.05, 0) is 18.4 Å². The summed E-state index contributed by atoms with van der Waals surface area (Å²) in [4.78, 5) is 11.2. The molecule has 0 saturated carbocycles. The molecule has 0 aliphatic carbocycles. The van der Waals surface area contributed by atoms with Crippen molar-refractivity contribution in [3.8, 4) is 0 Å². The van der Waals surface area contributed by atoms with Gasteiger partial charge in [0, 0.05) is 11.5 Å². The number of nitrogens with zero attached hydrogens (tertiary/aromatic N) is 1. The number of fused-ring (bicyclic) bond motifs is 1. The third-order valence-corrected chi connectivity index (χ3v) is 2.63. The lowest BCUT2D eigenvalue weighted by atomic mass is 10.2. The predicted molar refractivity (Wildman–Crippen MR) is 65.4 cm³/mol. The molecule has 0 bridgehead atoms. The first-order valence-corrected chi connectivity index (χ1v) is 5.83. The van der Waals surface area contributed by atoms with Crippen LogP contribution in [0.15, 0.2) is 42.7 Å². The summed E-state index contributed by atoms with van der Waals surface area (Å²) < 4.78 is 6.91. The Morgan fingerprint density at radius 2 is 1.94 bits per heavy atom. The van der Waals surface area contributed by atoms with Crippen LogP contribution in [0.25, 0.3) is 10.8 Å². The number of carbonyl (C=O) groups is 1. The van der Waals surface area contributed by atoms with E-state index in [4.69, 9.17) is 4.74 Å². The fourth-order valence-electron chi connectivity index (χ4n) is 1.77. The van der Waals surface area contributed by atoms with E-state index in [1.807, 2.05) is 29.8 Å². The van der Waals surface area contributed by atoms with Gasteiger partial charge in [0.05, 0.1) is 6.61 Å². The molecule has 0 fully saturated rings. The van der Waals surface area contributed by atoms with E-state index in [1.54, 1.807) is 0 Å². The number of ether oxygens (including phenoxy) is 1. The number of hydrogen-bond acceptors (Lipinski definition) is 2. The summed E-state index contributed by atoms with van der Waals surface area (Å²) >= 11 is 0. The second kappa shape index (κ2) is 7.11. The molecule has 0 unspecified atom stereocenters. The van der Waals surface area contributed by atoms with Crippen LogP contribution in [-0.4, -0.2) is 12.6 Å². The van der Waals surface area contributed by atoms with E-state index in [2.05, 4.69) is 24.4 Å². The largest absolute Gasteiger partial charge is 1.00 e. The zero-order chi connectivity index (χ0) is 12.1. The van der Waals surface area contributed by atoms with E-state index in [0.717, 1.165) is 0 Å². The molecule has 1 aromatic heterocycles. The highest BCUT2D eigenvalue weighted by Gasteiger charge is 2.07. The maximum Gasteiger partial charge on any atom is 0.312 e. The fourth-order valence-corrected chi connectivity index (χ4v) is 1.77. The Morgan fingerprint density at radius 1 is 1.22 bits per heavy atom. The standard InChI is InChI=1S/C14H16NO2.BrH/c1-2-17-14(16)8-10-15-9-7-12-5-3-4-6-13(12)11-15;/h3-7,9,11H,2,8,10H2,1H3;1H/q+1;/p-1. The van der Waals surface area contributed by atoms with Crippen molar-refractivity contribution in [2.45, 2.75) is 19.9 Å². The highest BCUT2D eigenvalue weighted by Crippen LogP contribution is 2.09. The van der Waals surface area contributed by atoms with Crippen molar-refractivity contribution in [2.24, 2.45) is 0 Å². The number of esters is 1. The summed E-state index contributed by atoms with van der Waals surface area (Å²) in [5, 5.41) is 2.39. The van der Waals surface area contributed by atoms with Gasteiger partial charge in [-0.1, -0.05) is 18.2 Å². The summed E-state index contributed by atoms with van der Waals surface area (Å²) in [6.07, 6.45) is 4.45. The van der Waals surface area contributed by atoms with Gasteiger partial charge < -0.3 is 21.7 Å². The normalized spacial score (nSPS) is 9.83. The molecule has 0 aliphatic heterocycles. The number of benzene rings is 1. The van der Waals surface area contributed by atoms with Crippen LogP contribution in [0.2, 0.25) is 0 Å². The molecule has 18 heavy (non-hydrogen) atoms. The Bertz CT molecular complexity index is 528. The average Bonchev–Trinajstić information content (AvgIpc) is 2.36. The van der Waals surface area contributed by atoms with Crippen molar-refractivity contribution in [2.75, 3.05) is 6.61 Å². The van der Waals surface area contributed by atoms with Crippen LogP contribution in [0.5, 0.6) is 0 Å². The molecule has 1 aromatic carbocycles. The molecule has 2 rings (SSSR count). The number of rotatable bonds is 4. The lowest BCUT2D eigenvalue weighted by Gasteiger charge is -2.00. The molecule has 0 spiro atoms. The number of aromatic nitrogens is 1. The first kappa shape index (κ1) is 14.6. The topological polar surface area (TPSA) is 30.2 Å². The van der Waals surface area contributed by atoms with Crippen molar-refractivity contribution in [1.82, 2.24) is 0 Å². The van der Waals surface area contributed by atoms with Crippen LogP contribution in [-0.2, 0) is 16.1 Å². The van der Waals surface area contributed by atoms with Crippen molar-refractivity contribution >= 4 is 16.7 Å². The van der Waals surface area contributed by atoms with Gasteiger partial charge in [0.15, 0.2) is 18.9 Å². The minimum absolute atomic E-state index is 0. The smallest absolute Gasteiger partial charge is 0.312 e. The molecule has 96 valence electrons. The SMILES string of the molecule is CCOC(=O)CC[n+]1ccc2ccccc2c1.[Br-]. The number of halogens is 1. The Balaban J connectivity index is 0.00000162. The number of aryl methyl sites for hydroxylation is 1. The van der Waals surface area contributed by atoms with Crippen LogP contribution in [0.4, 0.5) is 0 Å². The summed E-state index contributed by atoms with van der Waals surface area (Å²) in [6, 6.07) is 10.2. The van der Waals surface area contributed by atoms with E-state index >= 15 is 0 Å². The van der Waals surface area contributed by atoms with Gasteiger partial charge in [0.1, 0.15) is 6.42 Å². The van der Waals surface area contributed by atoms with Gasteiger partial charge in [0.25, 0.3) is 0 Å². The first-order chi connectivity index (χ1) is 8.29. The van der Waals surface area contributed by atoms with E-state index < -0.39 is 0 Å². The van der Waals surface area contributed by atoms with E-state index in [-0.39, 0.29) is 23.0 Å². The molecule has 0 N–H and O–H groups in total. The van der Waals surface area contributed by atoms with Gasteiger partial charge in [-0.3, -0.25) is 4.79 Å². The molecule has 0 atom stereocenters. The minimum atomic E-state index is -0.145. The zero-order valence-electron chi connectivity index (χ0n) is 10.3. The average molecular weight is 310 g/mol. The second-order valence-corrected chi connectivity index (χ2v) is 3.87. The fraction of sp³-hybridized carbons (Fsp3) is 0.286. The van der Waals surface area contributed by atoms with E-state index in [9.17, 15) is 4.79 Å². The molecular formula is C14H16BrNO2. The zero-order valence-corrected chi connectivity index (χ0v) is 11.9. The van der Waals surface area contributed by atoms with Gasteiger partial charge in [-0.2, -0.15) is 0 Å².